The van der Waals surface area contributed by atoms with Gasteiger partial charge in [0.15, 0.2) is 9.84 Å². The van der Waals surface area contributed by atoms with Gasteiger partial charge < -0.3 is 5.11 Å². The van der Waals surface area contributed by atoms with Crippen LogP contribution in [0.15, 0.2) is 35.5 Å². The predicted octanol–water partition coefficient (Wildman–Crippen LogP) is 1.47. The first-order valence-electron chi connectivity index (χ1n) is 5.51. The van der Waals surface area contributed by atoms with Crippen LogP contribution >= 0.6 is 0 Å². The summed E-state index contributed by atoms with van der Waals surface area (Å²) in [6.45, 7) is 1.50. The molecule has 0 saturated heterocycles. The van der Waals surface area contributed by atoms with Gasteiger partial charge in [0.1, 0.15) is 10.7 Å². The predicted molar refractivity (Wildman–Crippen MR) is 67.3 cm³/mol. The van der Waals surface area contributed by atoms with Gasteiger partial charge in [0.05, 0.1) is 18.0 Å². The lowest BCUT2D eigenvalue weighted by molar-refractivity contribution is 0.198. The van der Waals surface area contributed by atoms with E-state index in [4.69, 9.17) is 0 Å². The number of hydrogen-bond donors (Lipinski definition) is 1. The summed E-state index contributed by atoms with van der Waals surface area (Å²) in [6.07, 6.45) is 2.73. The number of aliphatic hydroxyl groups excluding tert-OH is 1. The second-order valence-electron chi connectivity index (χ2n) is 4.27. The van der Waals surface area contributed by atoms with Gasteiger partial charge in [-0.05, 0) is 25.1 Å². The highest BCUT2D eigenvalue weighted by molar-refractivity contribution is 7.90. The Labute approximate surface area is 110 Å². The van der Waals surface area contributed by atoms with Gasteiger partial charge in [0.2, 0.25) is 0 Å². The molecule has 1 atom stereocenters. The first-order valence-corrected chi connectivity index (χ1v) is 7.41. The molecule has 1 heterocycles. The standard InChI is InChI=1S/C12H13FN2O3S/c1-8(16)11-5-9(13)3-4-12(11)15-7-10(6-14-15)19(2,17)18/h3-8,16H,1-2H3. The number of hydrogen-bond acceptors (Lipinski definition) is 4. The van der Waals surface area contributed by atoms with Gasteiger partial charge in [-0.2, -0.15) is 5.10 Å². The van der Waals surface area contributed by atoms with Gasteiger partial charge in [-0.25, -0.2) is 17.5 Å². The number of benzene rings is 1. The SMILES string of the molecule is CC(O)c1cc(F)ccc1-n1cc(S(C)(=O)=O)cn1. The molecule has 1 aromatic carbocycles. The molecule has 0 saturated carbocycles. The molecule has 0 aliphatic heterocycles. The van der Waals surface area contributed by atoms with Gasteiger partial charge in [-0.1, -0.05) is 0 Å². The molecular weight excluding hydrogens is 271 g/mol. The highest BCUT2D eigenvalue weighted by Gasteiger charge is 2.15. The van der Waals surface area contributed by atoms with Crippen LogP contribution in [0.2, 0.25) is 0 Å². The van der Waals surface area contributed by atoms with E-state index in [1.807, 2.05) is 0 Å². The first kappa shape index (κ1) is 13.7. The molecule has 7 heteroatoms. The molecule has 0 bridgehead atoms. The molecule has 102 valence electrons. The van der Waals surface area contributed by atoms with Crippen LogP contribution < -0.4 is 0 Å². The molecule has 2 aromatic rings. The Kier molecular flexibility index (Phi) is 3.42. The van der Waals surface area contributed by atoms with E-state index in [9.17, 15) is 17.9 Å². The van der Waals surface area contributed by atoms with Gasteiger partial charge in [-0.3, -0.25) is 0 Å². The number of halogens is 1. The zero-order chi connectivity index (χ0) is 14.2. The molecule has 0 amide bonds. The van der Waals surface area contributed by atoms with Crippen LogP contribution in [0.25, 0.3) is 5.69 Å². The van der Waals surface area contributed by atoms with Crippen LogP contribution in [0.5, 0.6) is 0 Å². The Hall–Kier alpha value is -1.73. The Morgan fingerprint density at radius 3 is 2.63 bits per heavy atom. The fourth-order valence-electron chi connectivity index (χ4n) is 1.70. The molecule has 2 rings (SSSR count). The summed E-state index contributed by atoms with van der Waals surface area (Å²) in [5, 5.41) is 13.6. The van der Waals surface area contributed by atoms with Crippen molar-refractivity contribution in [1.29, 1.82) is 0 Å². The average Bonchev–Trinajstić information content (AvgIpc) is 2.77. The van der Waals surface area contributed by atoms with Gasteiger partial charge in [0.25, 0.3) is 0 Å². The summed E-state index contributed by atoms with van der Waals surface area (Å²) in [5.41, 5.74) is 0.773. The van der Waals surface area contributed by atoms with Crippen molar-refractivity contribution >= 4 is 9.84 Å². The van der Waals surface area contributed by atoms with E-state index >= 15 is 0 Å². The molecule has 1 N–H and O–H groups in total. The lowest BCUT2D eigenvalue weighted by Gasteiger charge is -2.11. The molecule has 0 aliphatic rings. The molecule has 0 radical (unpaired) electrons. The summed E-state index contributed by atoms with van der Waals surface area (Å²) in [5.74, 6) is -0.477. The van der Waals surface area contributed by atoms with E-state index in [-0.39, 0.29) is 4.90 Å². The number of aromatic nitrogens is 2. The van der Waals surface area contributed by atoms with E-state index in [1.54, 1.807) is 0 Å². The third kappa shape index (κ3) is 2.82. The second-order valence-corrected chi connectivity index (χ2v) is 6.29. The van der Waals surface area contributed by atoms with Gasteiger partial charge in [-0.15, -0.1) is 0 Å². The quantitative estimate of drug-likeness (QED) is 0.926. The lowest BCUT2D eigenvalue weighted by Crippen LogP contribution is -2.04. The van der Waals surface area contributed by atoms with Crippen molar-refractivity contribution in [2.45, 2.75) is 17.9 Å². The summed E-state index contributed by atoms with van der Waals surface area (Å²) in [6, 6.07) is 3.86. The van der Waals surface area contributed by atoms with Crippen LogP contribution in [0.1, 0.15) is 18.6 Å². The van der Waals surface area contributed by atoms with Crippen LogP contribution in [0, 0.1) is 5.82 Å². The molecule has 0 spiro atoms. The maximum Gasteiger partial charge on any atom is 0.178 e. The monoisotopic (exact) mass is 284 g/mol. The Bertz CT molecular complexity index is 708. The van der Waals surface area contributed by atoms with Crippen molar-refractivity contribution < 1.29 is 17.9 Å². The van der Waals surface area contributed by atoms with Crippen LogP contribution in [-0.2, 0) is 9.84 Å². The Morgan fingerprint density at radius 1 is 1.42 bits per heavy atom. The highest BCUT2D eigenvalue weighted by atomic mass is 32.2. The van der Waals surface area contributed by atoms with Crippen LogP contribution in [-0.4, -0.2) is 29.6 Å². The van der Waals surface area contributed by atoms with Crippen molar-refractivity contribution in [3.63, 3.8) is 0 Å². The van der Waals surface area contributed by atoms with Crippen LogP contribution in [0.3, 0.4) is 0 Å². The second kappa shape index (κ2) is 4.75. The smallest absolute Gasteiger partial charge is 0.178 e. The van der Waals surface area contributed by atoms with E-state index in [0.29, 0.717) is 11.3 Å². The molecule has 0 fully saturated rings. The average molecular weight is 284 g/mol. The van der Waals surface area contributed by atoms with E-state index in [2.05, 4.69) is 5.10 Å². The molecular formula is C12H13FN2O3S. The van der Waals surface area contributed by atoms with Gasteiger partial charge in [0, 0.05) is 18.0 Å². The number of rotatable bonds is 3. The fourth-order valence-corrected chi connectivity index (χ4v) is 2.23. The summed E-state index contributed by atoms with van der Waals surface area (Å²) in [4.78, 5) is 0.0633. The Balaban J connectivity index is 2.56. The van der Waals surface area contributed by atoms with E-state index in [0.717, 1.165) is 6.26 Å². The van der Waals surface area contributed by atoms with Crippen molar-refractivity contribution in [3.8, 4) is 5.69 Å². The number of aliphatic hydroxyl groups is 1. The normalized spacial score (nSPS) is 13.5. The maximum absolute atomic E-state index is 13.2. The zero-order valence-electron chi connectivity index (χ0n) is 10.4. The third-order valence-electron chi connectivity index (χ3n) is 2.67. The number of nitrogens with zero attached hydrogens (tertiary/aromatic N) is 2. The van der Waals surface area contributed by atoms with Crippen molar-refractivity contribution in [2.24, 2.45) is 0 Å². The van der Waals surface area contributed by atoms with E-state index in [1.165, 1.54) is 42.2 Å². The van der Waals surface area contributed by atoms with Crippen molar-refractivity contribution in [2.75, 3.05) is 6.26 Å². The molecule has 5 nitrogen and oxygen atoms in total. The molecule has 1 aromatic heterocycles. The highest BCUT2D eigenvalue weighted by Crippen LogP contribution is 2.23. The summed E-state index contributed by atoms with van der Waals surface area (Å²) in [7, 11) is -3.35. The first-order chi connectivity index (χ1) is 8.79. The molecule has 19 heavy (non-hydrogen) atoms. The zero-order valence-corrected chi connectivity index (χ0v) is 11.2. The van der Waals surface area contributed by atoms with Crippen molar-refractivity contribution in [3.05, 3.63) is 42.0 Å². The minimum Gasteiger partial charge on any atom is -0.389 e. The molecule has 0 aliphatic carbocycles. The molecule has 1 unspecified atom stereocenters. The minimum atomic E-state index is -3.35. The van der Waals surface area contributed by atoms with Gasteiger partial charge >= 0.3 is 0 Å². The minimum absolute atomic E-state index is 0.0633. The lowest BCUT2D eigenvalue weighted by atomic mass is 10.1. The third-order valence-corrected chi connectivity index (χ3v) is 3.74. The summed E-state index contributed by atoms with van der Waals surface area (Å²) < 4.78 is 37.3. The topological polar surface area (TPSA) is 72.2 Å². The Morgan fingerprint density at radius 2 is 2.11 bits per heavy atom. The maximum atomic E-state index is 13.2. The summed E-state index contributed by atoms with van der Waals surface area (Å²) >= 11 is 0. The van der Waals surface area contributed by atoms with E-state index < -0.39 is 21.8 Å². The fraction of sp³-hybridized carbons (Fsp3) is 0.250. The van der Waals surface area contributed by atoms with Crippen LogP contribution in [0.4, 0.5) is 4.39 Å². The largest absolute Gasteiger partial charge is 0.389 e. The van der Waals surface area contributed by atoms with Crippen molar-refractivity contribution in [1.82, 2.24) is 9.78 Å². The number of sulfone groups is 1.